The summed E-state index contributed by atoms with van der Waals surface area (Å²) in [6.07, 6.45) is 6.98. The molecule has 230 valence electrons. The number of rotatable bonds is 8. The van der Waals surface area contributed by atoms with Gasteiger partial charge in [0.15, 0.2) is 0 Å². The maximum absolute atomic E-state index is 12.9. The lowest BCUT2D eigenvalue weighted by atomic mass is 9.43. The van der Waals surface area contributed by atoms with Gasteiger partial charge >= 0.3 is 17.9 Å². The minimum absolute atomic E-state index is 0.00823. The van der Waals surface area contributed by atoms with Crippen LogP contribution in [0.25, 0.3) is 0 Å². The van der Waals surface area contributed by atoms with Gasteiger partial charge in [-0.1, -0.05) is 71.8 Å². The number of hydrogen-bond acceptors (Lipinski definition) is 5. The average Bonchev–Trinajstić information content (AvgIpc) is 3.07. The molecule has 0 spiro atoms. The number of aliphatic carboxylic acids is 1. The molecule has 8 atom stereocenters. The zero-order chi connectivity index (χ0) is 30.7. The molecule has 0 unspecified atom stereocenters. The van der Waals surface area contributed by atoms with Gasteiger partial charge in [0.05, 0.1) is 5.92 Å². The van der Waals surface area contributed by atoms with E-state index in [1.54, 1.807) is 5.57 Å². The summed E-state index contributed by atoms with van der Waals surface area (Å²) in [4.78, 5) is 37.2. The molecule has 1 N–H and O–H groups in total. The number of esters is 2. The predicted molar refractivity (Wildman–Crippen MR) is 160 cm³/mol. The Morgan fingerprint density at radius 1 is 0.951 bits per heavy atom. The Morgan fingerprint density at radius 3 is 2.15 bits per heavy atom. The topological polar surface area (TPSA) is 89.9 Å². The third-order valence-electron chi connectivity index (χ3n) is 12.7. The van der Waals surface area contributed by atoms with Crippen LogP contribution in [0.5, 0.6) is 0 Å². The van der Waals surface area contributed by atoms with Gasteiger partial charge in [-0.05, 0) is 85.9 Å². The first-order valence-corrected chi connectivity index (χ1v) is 15.9. The largest absolute Gasteiger partial charge is 0.481 e. The third kappa shape index (κ3) is 5.09. The molecule has 0 aromatic rings. The van der Waals surface area contributed by atoms with Crippen molar-refractivity contribution in [1.29, 1.82) is 0 Å². The highest BCUT2D eigenvalue weighted by atomic mass is 16.5. The van der Waals surface area contributed by atoms with Crippen LogP contribution < -0.4 is 0 Å². The summed E-state index contributed by atoms with van der Waals surface area (Å²) in [5, 5.41) is 10.6. The second kappa shape index (κ2) is 10.9. The molecule has 0 amide bonds. The molecule has 0 bridgehead atoms. The van der Waals surface area contributed by atoms with E-state index in [9.17, 15) is 19.5 Å². The molecule has 41 heavy (non-hydrogen) atoms. The Morgan fingerprint density at radius 2 is 1.59 bits per heavy atom. The van der Waals surface area contributed by atoms with E-state index in [0.717, 1.165) is 44.1 Å². The van der Waals surface area contributed by atoms with Crippen molar-refractivity contribution in [2.24, 2.45) is 45.3 Å². The van der Waals surface area contributed by atoms with Crippen molar-refractivity contribution in [2.75, 3.05) is 0 Å². The van der Waals surface area contributed by atoms with Crippen LogP contribution in [-0.4, -0.2) is 35.2 Å². The Kier molecular flexibility index (Phi) is 8.43. The fourth-order valence-corrected chi connectivity index (χ4v) is 10.3. The Balaban J connectivity index is 1.76. The van der Waals surface area contributed by atoms with Crippen LogP contribution >= 0.6 is 0 Å². The lowest BCUT2D eigenvalue weighted by Crippen LogP contribution is -2.56. The summed E-state index contributed by atoms with van der Waals surface area (Å²) >= 11 is 0. The van der Waals surface area contributed by atoms with Crippen LogP contribution in [0, 0.1) is 45.3 Å². The number of allylic oxidation sites excluding steroid dienone is 3. The SMILES string of the molecule is C=C(CC[C@@H](C(=O)O)[C@H]1[C@H](OC(C)=O)C[C@@]2(C)C3=C(CC[C@]12C)[C@@]1(C)CC[C@H](OC(C)=O)C(C)(C)[C@@H]1CC3)C(C)C. The number of carbonyl (C=O) groups is 3. The number of carboxylic acid groups (broad SMARTS) is 1. The van der Waals surface area contributed by atoms with Gasteiger partial charge in [-0.3, -0.25) is 14.4 Å². The van der Waals surface area contributed by atoms with Gasteiger partial charge in [0.25, 0.3) is 0 Å². The van der Waals surface area contributed by atoms with Gasteiger partial charge in [0, 0.05) is 25.2 Å². The minimum atomic E-state index is -0.796. The van der Waals surface area contributed by atoms with E-state index < -0.39 is 18.0 Å². The fourth-order valence-electron chi connectivity index (χ4n) is 10.3. The summed E-state index contributed by atoms with van der Waals surface area (Å²) in [5.74, 6) is -1.50. The Labute approximate surface area is 247 Å². The molecule has 4 aliphatic carbocycles. The zero-order valence-electron chi connectivity index (χ0n) is 27.0. The quantitative estimate of drug-likeness (QED) is 0.236. The second-order valence-corrected chi connectivity index (χ2v) is 15.3. The van der Waals surface area contributed by atoms with Crippen molar-refractivity contribution in [3.8, 4) is 0 Å². The normalized spacial score (nSPS) is 38.4. The van der Waals surface area contributed by atoms with Crippen LogP contribution in [0.1, 0.15) is 120 Å². The molecule has 4 aliphatic rings. The summed E-state index contributed by atoms with van der Waals surface area (Å²) in [7, 11) is 0. The monoisotopic (exact) mass is 570 g/mol. The van der Waals surface area contributed by atoms with Gasteiger partial charge in [-0.2, -0.15) is 0 Å². The summed E-state index contributed by atoms with van der Waals surface area (Å²) in [5.41, 5.74) is 3.42. The van der Waals surface area contributed by atoms with E-state index in [-0.39, 0.29) is 45.6 Å². The highest BCUT2D eigenvalue weighted by molar-refractivity contribution is 5.71. The molecule has 0 heterocycles. The first-order valence-electron chi connectivity index (χ1n) is 15.9. The predicted octanol–water partition coefficient (Wildman–Crippen LogP) is 7.90. The minimum Gasteiger partial charge on any atom is -0.481 e. The molecule has 2 fully saturated rings. The highest BCUT2D eigenvalue weighted by Gasteiger charge is 2.67. The lowest BCUT2D eigenvalue weighted by molar-refractivity contribution is -0.167. The van der Waals surface area contributed by atoms with Crippen LogP contribution in [0.3, 0.4) is 0 Å². The maximum atomic E-state index is 12.9. The molecule has 6 heteroatoms. The van der Waals surface area contributed by atoms with Crippen molar-refractivity contribution in [3.63, 3.8) is 0 Å². The van der Waals surface area contributed by atoms with E-state index in [4.69, 9.17) is 9.47 Å². The molecule has 0 saturated heterocycles. The van der Waals surface area contributed by atoms with Gasteiger partial charge in [0.2, 0.25) is 0 Å². The van der Waals surface area contributed by atoms with Crippen molar-refractivity contribution in [1.82, 2.24) is 0 Å². The average molecular weight is 571 g/mol. The first kappa shape index (κ1) is 31.8. The van der Waals surface area contributed by atoms with Crippen molar-refractivity contribution >= 4 is 17.9 Å². The fraction of sp³-hybridized carbons (Fsp3) is 0.800. The third-order valence-corrected chi connectivity index (χ3v) is 12.7. The van der Waals surface area contributed by atoms with Gasteiger partial charge in [-0.15, -0.1) is 0 Å². The van der Waals surface area contributed by atoms with E-state index in [0.29, 0.717) is 31.1 Å². The van der Waals surface area contributed by atoms with Crippen LogP contribution in [0.15, 0.2) is 23.3 Å². The number of fused-ring (bicyclic) bond motifs is 4. The lowest BCUT2D eigenvalue weighted by Gasteiger charge is -2.62. The molecule has 0 radical (unpaired) electrons. The van der Waals surface area contributed by atoms with E-state index in [1.807, 2.05) is 0 Å². The first-order chi connectivity index (χ1) is 18.9. The standard InChI is InChI=1S/C35H54O6/c1-20(2)21(3)11-12-24(31(38)39)30-27(40-22(4)36)19-35(10)26-13-14-28-32(6,7)29(41-23(5)37)16-17-33(28,8)25(26)15-18-34(30,35)9/h20,24,27-30H,3,11-19H2,1-2,4-10H3,(H,38,39)/t24-,27-,28+,29+,30+,33-,34-,35+/m1/s1. The molecule has 0 aromatic carbocycles. The van der Waals surface area contributed by atoms with E-state index in [1.165, 1.54) is 19.4 Å². The smallest absolute Gasteiger partial charge is 0.306 e. The Hall–Kier alpha value is -2.11. The second-order valence-electron chi connectivity index (χ2n) is 15.3. The molecular formula is C35H54O6. The number of ether oxygens (including phenoxy) is 2. The molecular weight excluding hydrogens is 516 g/mol. The van der Waals surface area contributed by atoms with E-state index >= 15 is 0 Å². The molecule has 6 nitrogen and oxygen atoms in total. The molecule has 2 saturated carbocycles. The highest BCUT2D eigenvalue weighted by Crippen LogP contribution is 2.73. The van der Waals surface area contributed by atoms with Crippen LogP contribution in [0.4, 0.5) is 0 Å². The maximum Gasteiger partial charge on any atom is 0.306 e. The van der Waals surface area contributed by atoms with Gasteiger partial charge in [-0.25, -0.2) is 0 Å². The number of carboxylic acids is 1. The van der Waals surface area contributed by atoms with Gasteiger partial charge in [0.1, 0.15) is 12.2 Å². The Bertz CT molecular complexity index is 1130. The number of hydrogen-bond donors (Lipinski definition) is 1. The van der Waals surface area contributed by atoms with Crippen molar-refractivity contribution in [2.45, 2.75) is 132 Å². The summed E-state index contributed by atoms with van der Waals surface area (Å²) < 4.78 is 11.9. The van der Waals surface area contributed by atoms with E-state index in [2.05, 4.69) is 55.0 Å². The zero-order valence-corrected chi connectivity index (χ0v) is 27.0. The van der Waals surface area contributed by atoms with Gasteiger partial charge < -0.3 is 14.6 Å². The van der Waals surface area contributed by atoms with Crippen molar-refractivity contribution in [3.05, 3.63) is 23.3 Å². The summed E-state index contributed by atoms with van der Waals surface area (Å²) in [6, 6.07) is 0. The van der Waals surface area contributed by atoms with Crippen LogP contribution in [0.2, 0.25) is 0 Å². The molecule has 0 aromatic heterocycles. The van der Waals surface area contributed by atoms with Crippen molar-refractivity contribution < 1.29 is 29.0 Å². The van der Waals surface area contributed by atoms with Crippen LogP contribution in [-0.2, 0) is 23.9 Å². The molecule has 4 rings (SSSR count). The summed E-state index contributed by atoms with van der Waals surface area (Å²) in [6.45, 7) is 23.0. The number of carbonyl (C=O) groups excluding carboxylic acids is 2. The molecule has 0 aliphatic heterocycles.